The molecule has 0 radical (unpaired) electrons. The van der Waals surface area contributed by atoms with E-state index in [-0.39, 0.29) is 11.8 Å². The average Bonchev–Trinajstić information content (AvgIpc) is 3.00. The number of thioether (sulfide) groups is 1. The van der Waals surface area contributed by atoms with Gasteiger partial charge in [0.2, 0.25) is 0 Å². The van der Waals surface area contributed by atoms with Crippen LogP contribution < -0.4 is 9.80 Å². The van der Waals surface area contributed by atoms with Gasteiger partial charge >= 0.3 is 0 Å². The van der Waals surface area contributed by atoms with Crippen molar-refractivity contribution in [2.45, 2.75) is 18.4 Å². The predicted molar refractivity (Wildman–Crippen MR) is 169 cm³/mol. The van der Waals surface area contributed by atoms with Crippen LogP contribution in [0.4, 0.5) is 11.4 Å². The van der Waals surface area contributed by atoms with E-state index < -0.39 is 0 Å². The van der Waals surface area contributed by atoms with Crippen molar-refractivity contribution < 1.29 is 9.59 Å². The molecule has 0 unspecified atom stereocenters. The van der Waals surface area contributed by atoms with Gasteiger partial charge in [-0.1, -0.05) is 78.0 Å². The molecule has 0 bridgehead atoms. The Labute approximate surface area is 250 Å². The first-order valence-corrected chi connectivity index (χ1v) is 14.9. The number of fused-ring (bicyclic) bond motifs is 1. The topological polar surface area (TPSA) is 43.9 Å². The third kappa shape index (κ3) is 5.90. The van der Waals surface area contributed by atoms with Gasteiger partial charge in [-0.15, -0.1) is 0 Å². The Kier molecular flexibility index (Phi) is 7.86. The molecule has 0 N–H and O–H groups in total. The Hall–Kier alpha value is -4.00. The fraction of sp³-hybridized carbons (Fsp3) is 0.176. The number of para-hydroxylation sites is 1. The highest BCUT2D eigenvalue weighted by molar-refractivity contribution is 8.04. The van der Waals surface area contributed by atoms with Crippen LogP contribution in [-0.2, 0) is 11.3 Å². The molecule has 0 spiro atoms. The molecule has 7 heteroatoms. The predicted octanol–water partition coefficient (Wildman–Crippen LogP) is 7.29. The molecule has 41 heavy (non-hydrogen) atoms. The quantitative estimate of drug-likeness (QED) is 0.233. The standard InChI is InChI=1S/C34H30ClN3O2S/c1-24-7-2-3-8-27(24)23-38-30-11-4-5-12-31(30)41-32(34(38)40)21-25-13-15-26(16-14-25)33(39)37-19-17-36(18-20-37)29-10-6-9-28(35)22-29/h2-16,21-22H,17-20,23H2,1H3. The highest BCUT2D eigenvalue weighted by Crippen LogP contribution is 2.42. The van der Waals surface area contributed by atoms with E-state index in [4.69, 9.17) is 11.6 Å². The van der Waals surface area contributed by atoms with Crippen LogP contribution in [-0.4, -0.2) is 42.9 Å². The lowest BCUT2D eigenvalue weighted by Crippen LogP contribution is -2.48. The molecule has 6 rings (SSSR count). The van der Waals surface area contributed by atoms with E-state index in [1.807, 2.05) is 94.7 Å². The molecule has 0 atom stereocenters. The van der Waals surface area contributed by atoms with E-state index in [2.05, 4.69) is 30.0 Å². The van der Waals surface area contributed by atoms with Gasteiger partial charge in [-0.3, -0.25) is 9.59 Å². The van der Waals surface area contributed by atoms with Gasteiger partial charge in [-0.05, 0) is 72.2 Å². The number of carbonyl (C=O) groups is 2. The van der Waals surface area contributed by atoms with E-state index in [0.717, 1.165) is 46.1 Å². The molecule has 0 saturated carbocycles. The molecule has 206 valence electrons. The van der Waals surface area contributed by atoms with Crippen LogP contribution in [0.1, 0.15) is 27.0 Å². The molecular weight excluding hydrogens is 550 g/mol. The third-order valence-electron chi connectivity index (χ3n) is 7.62. The summed E-state index contributed by atoms with van der Waals surface area (Å²) in [4.78, 5) is 34.7. The Morgan fingerprint density at radius 2 is 1.61 bits per heavy atom. The number of aryl methyl sites for hydroxylation is 1. The number of piperazine rings is 1. The molecule has 0 aliphatic carbocycles. The number of amides is 2. The van der Waals surface area contributed by atoms with Crippen LogP contribution in [0.25, 0.3) is 6.08 Å². The van der Waals surface area contributed by atoms with Crippen LogP contribution in [0, 0.1) is 6.92 Å². The van der Waals surface area contributed by atoms with Crippen molar-refractivity contribution in [1.82, 2.24) is 4.90 Å². The lowest BCUT2D eigenvalue weighted by molar-refractivity contribution is -0.114. The third-order valence-corrected chi connectivity index (χ3v) is 8.93. The number of halogens is 1. The second kappa shape index (κ2) is 11.9. The molecule has 2 aliphatic heterocycles. The average molecular weight is 580 g/mol. The molecule has 4 aromatic carbocycles. The first kappa shape index (κ1) is 27.2. The number of benzene rings is 4. The molecule has 2 amide bonds. The van der Waals surface area contributed by atoms with Gasteiger partial charge in [0.25, 0.3) is 11.8 Å². The van der Waals surface area contributed by atoms with Gasteiger partial charge < -0.3 is 14.7 Å². The van der Waals surface area contributed by atoms with E-state index >= 15 is 0 Å². The Balaban J connectivity index is 1.16. The van der Waals surface area contributed by atoms with Gasteiger partial charge in [0.1, 0.15) is 0 Å². The summed E-state index contributed by atoms with van der Waals surface area (Å²) in [6, 6.07) is 31.6. The molecule has 1 fully saturated rings. The first-order chi connectivity index (χ1) is 20.0. The monoisotopic (exact) mass is 579 g/mol. The zero-order valence-corrected chi connectivity index (χ0v) is 24.4. The van der Waals surface area contributed by atoms with Crippen LogP contribution in [0.5, 0.6) is 0 Å². The van der Waals surface area contributed by atoms with Crippen LogP contribution in [0.3, 0.4) is 0 Å². The highest BCUT2D eigenvalue weighted by atomic mass is 35.5. The Bertz CT molecular complexity index is 1630. The van der Waals surface area contributed by atoms with E-state index in [0.29, 0.717) is 35.1 Å². The summed E-state index contributed by atoms with van der Waals surface area (Å²) >= 11 is 7.65. The second-order valence-electron chi connectivity index (χ2n) is 10.3. The van der Waals surface area contributed by atoms with Crippen molar-refractivity contribution in [3.63, 3.8) is 0 Å². The first-order valence-electron chi connectivity index (χ1n) is 13.7. The number of anilines is 2. The minimum Gasteiger partial charge on any atom is -0.368 e. The number of hydrogen-bond acceptors (Lipinski definition) is 4. The molecule has 4 aromatic rings. The van der Waals surface area contributed by atoms with Crippen molar-refractivity contribution in [3.05, 3.63) is 129 Å². The van der Waals surface area contributed by atoms with Crippen LogP contribution in [0.2, 0.25) is 5.02 Å². The van der Waals surface area contributed by atoms with Crippen molar-refractivity contribution >= 4 is 52.6 Å². The lowest BCUT2D eigenvalue weighted by Gasteiger charge is -2.36. The summed E-state index contributed by atoms with van der Waals surface area (Å²) < 4.78 is 0. The van der Waals surface area contributed by atoms with Crippen LogP contribution >= 0.6 is 23.4 Å². The largest absolute Gasteiger partial charge is 0.368 e. The van der Waals surface area contributed by atoms with Crippen molar-refractivity contribution in [2.24, 2.45) is 0 Å². The minimum absolute atomic E-state index is 0.0188. The summed E-state index contributed by atoms with van der Waals surface area (Å²) in [7, 11) is 0. The zero-order chi connectivity index (χ0) is 28.3. The summed E-state index contributed by atoms with van der Waals surface area (Å²) in [5, 5.41) is 0.715. The highest BCUT2D eigenvalue weighted by Gasteiger charge is 2.29. The molecule has 2 aliphatic rings. The summed E-state index contributed by atoms with van der Waals surface area (Å²) in [6.45, 7) is 5.41. The smallest absolute Gasteiger partial charge is 0.265 e. The van der Waals surface area contributed by atoms with Gasteiger partial charge in [0.05, 0.1) is 17.1 Å². The van der Waals surface area contributed by atoms with Crippen molar-refractivity contribution in [1.29, 1.82) is 0 Å². The SMILES string of the molecule is Cc1ccccc1CN1C(=O)C(=Cc2ccc(C(=O)N3CCN(c4cccc(Cl)c4)CC3)cc2)Sc2ccccc21. The van der Waals surface area contributed by atoms with E-state index in [1.165, 1.54) is 11.8 Å². The number of nitrogens with zero attached hydrogens (tertiary/aromatic N) is 3. The van der Waals surface area contributed by atoms with E-state index in [9.17, 15) is 9.59 Å². The van der Waals surface area contributed by atoms with Crippen molar-refractivity contribution in [3.8, 4) is 0 Å². The molecule has 5 nitrogen and oxygen atoms in total. The Morgan fingerprint density at radius 3 is 2.37 bits per heavy atom. The van der Waals surface area contributed by atoms with Crippen molar-refractivity contribution in [2.75, 3.05) is 36.0 Å². The van der Waals surface area contributed by atoms with Gasteiger partial charge in [0.15, 0.2) is 0 Å². The fourth-order valence-electron chi connectivity index (χ4n) is 5.27. The zero-order valence-electron chi connectivity index (χ0n) is 22.8. The minimum atomic E-state index is -0.0188. The maximum atomic E-state index is 13.7. The number of rotatable bonds is 5. The number of carbonyl (C=O) groups excluding carboxylic acids is 2. The number of hydrogen-bond donors (Lipinski definition) is 0. The maximum Gasteiger partial charge on any atom is 0.265 e. The molecule has 2 heterocycles. The van der Waals surface area contributed by atoms with Gasteiger partial charge in [-0.2, -0.15) is 0 Å². The van der Waals surface area contributed by atoms with Gasteiger partial charge in [0, 0.05) is 47.3 Å². The fourth-order valence-corrected chi connectivity index (χ4v) is 6.52. The van der Waals surface area contributed by atoms with Gasteiger partial charge in [-0.25, -0.2) is 0 Å². The second-order valence-corrected chi connectivity index (χ2v) is 11.8. The normalized spacial score (nSPS) is 16.2. The molecule has 0 aromatic heterocycles. The van der Waals surface area contributed by atoms with Crippen LogP contribution in [0.15, 0.2) is 107 Å². The maximum absolute atomic E-state index is 13.7. The summed E-state index contributed by atoms with van der Waals surface area (Å²) in [5.74, 6) is 0.00563. The lowest BCUT2D eigenvalue weighted by atomic mass is 10.1. The Morgan fingerprint density at radius 1 is 0.878 bits per heavy atom. The molecular formula is C34H30ClN3O2S. The summed E-state index contributed by atoms with van der Waals surface area (Å²) in [5.41, 5.74) is 5.83. The molecule has 1 saturated heterocycles. The summed E-state index contributed by atoms with van der Waals surface area (Å²) in [6.07, 6.45) is 1.92. The van der Waals surface area contributed by atoms with E-state index in [1.54, 1.807) is 0 Å².